The Labute approximate surface area is 228 Å². The summed E-state index contributed by atoms with van der Waals surface area (Å²) in [5, 5.41) is 0. The average molecular weight is 642 g/mol. The first-order valence-corrected chi connectivity index (χ1v) is 13.7. The van der Waals surface area contributed by atoms with E-state index in [1.54, 1.807) is 13.8 Å². The van der Waals surface area contributed by atoms with Gasteiger partial charge >= 0.3 is 43.2 Å². The number of hydrogen-bond donors (Lipinski definition) is 0. The maximum atomic E-state index is 13.1. The van der Waals surface area contributed by atoms with E-state index in [0.717, 1.165) is 0 Å². The molecule has 0 saturated heterocycles. The lowest BCUT2D eigenvalue weighted by Crippen LogP contribution is -2.30. The van der Waals surface area contributed by atoms with Crippen molar-refractivity contribution >= 4 is 32.2 Å². The molecule has 0 aliphatic carbocycles. The number of benzene rings is 1. The van der Waals surface area contributed by atoms with Gasteiger partial charge in [0.25, 0.3) is 0 Å². The van der Waals surface area contributed by atoms with Crippen LogP contribution in [-0.4, -0.2) is 64.7 Å². The summed E-state index contributed by atoms with van der Waals surface area (Å²) in [5.41, 5.74) is -14.9. The van der Waals surface area contributed by atoms with Gasteiger partial charge in [0.05, 0.1) is 20.3 Å². The minimum atomic E-state index is -6.79. The summed E-state index contributed by atoms with van der Waals surface area (Å²) in [6.07, 6.45) is -0.426. The molecule has 0 N–H and O–H groups in total. The molecule has 2 rings (SSSR count). The number of aryl methyl sites for hydroxylation is 1. The Hall–Kier alpha value is -3.68. The van der Waals surface area contributed by atoms with Crippen molar-refractivity contribution in [3.8, 4) is 17.2 Å². The molecule has 1 aromatic heterocycles. The van der Waals surface area contributed by atoms with Crippen molar-refractivity contribution in [2.75, 3.05) is 14.2 Å². The summed E-state index contributed by atoms with van der Waals surface area (Å²) >= 11 is 0. The van der Waals surface area contributed by atoms with Crippen LogP contribution in [0.15, 0.2) is 24.3 Å². The molecule has 1 heterocycles. The molecule has 0 unspecified atom stereocenters. The highest BCUT2D eigenvalue weighted by atomic mass is 32.2. The molecule has 0 aliphatic heterocycles. The molecular weight excluding hydrogens is 620 g/mol. The van der Waals surface area contributed by atoms with Crippen molar-refractivity contribution in [2.45, 2.75) is 43.9 Å². The zero-order valence-electron chi connectivity index (χ0n) is 21.3. The van der Waals surface area contributed by atoms with Crippen LogP contribution >= 0.6 is 0 Å². The topological polar surface area (TPSA) is 153 Å². The molecule has 12 nitrogen and oxygen atoms in total. The first-order valence-electron chi connectivity index (χ1n) is 10.9. The predicted molar refractivity (Wildman–Crippen MR) is 124 cm³/mol. The van der Waals surface area contributed by atoms with Crippen LogP contribution in [0, 0.1) is 0 Å². The first-order chi connectivity index (χ1) is 18.7. The summed E-state index contributed by atoms with van der Waals surface area (Å²) in [7, 11) is -12.3. The van der Waals surface area contributed by atoms with E-state index in [-0.39, 0.29) is 12.5 Å². The maximum Gasteiger partial charge on any atom is 0.534 e. The molecule has 0 saturated carbocycles. The highest BCUT2D eigenvalue weighted by molar-refractivity contribution is 7.88. The van der Waals surface area contributed by atoms with Crippen molar-refractivity contribution in [1.82, 2.24) is 4.57 Å². The minimum Gasteiger partial charge on any atom is -0.491 e. The third-order valence-corrected chi connectivity index (χ3v) is 6.71. The number of methoxy groups -OCH3 is 2. The standard InChI is InChI=1S/C21H21F6NO11S2/c1-11(2)37-13-7-5-12(6-8-13)9-10-28-14(18(29)35-3)16(38-40(31,32)20(22,23)24)17(15(28)19(30)36-4)39-41(33,34)21(25,26)27/h5-8,11H,9-10H2,1-4H3. The molecule has 1 aromatic carbocycles. The zero-order chi connectivity index (χ0) is 31.6. The summed E-state index contributed by atoms with van der Waals surface area (Å²) in [5.74, 6) is -7.12. The number of rotatable bonds is 11. The Kier molecular flexibility index (Phi) is 9.85. The predicted octanol–water partition coefficient (Wildman–Crippen LogP) is 3.55. The number of esters is 2. The van der Waals surface area contributed by atoms with Crippen LogP contribution in [-0.2, 0) is 42.7 Å². The van der Waals surface area contributed by atoms with Crippen LogP contribution in [0.3, 0.4) is 0 Å². The van der Waals surface area contributed by atoms with Gasteiger partial charge in [0.1, 0.15) is 5.75 Å². The van der Waals surface area contributed by atoms with Crippen LogP contribution in [0.25, 0.3) is 0 Å². The molecule has 20 heteroatoms. The number of carbonyl (C=O) groups is 2. The largest absolute Gasteiger partial charge is 0.534 e. The van der Waals surface area contributed by atoms with Crippen molar-refractivity contribution in [1.29, 1.82) is 0 Å². The molecule has 0 fully saturated rings. The van der Waals surface area contributed by atoms with Gasteiger partial charge in [0.15, 0.2) is 11.4 Å². The molecule has 0 amide bonds. The lowest BCUT2D eigenvalue weighted by Gasteiger charge is -2.13. The molecule has 230 valence electrons. The van der Waals surface area contributed by atoms with E-state index in [2.05, 4.69) is 17.8 Å². The number of carbonyl (C=O) groups excluding carboxylic acids is 2. The van der Waals surface area contributed by atoms with E-state index < -0.39 is 72.6 Å². The van der Waals surface area contributed by atoms with Crippen LogP contribution in [0.2, 0.25) is 0 Å². The normalized spacial score (nSPS) is 12.7. The smallest absolute Gasteiger partial charge is 0.491 e. The molecule has 0 radical (unpaired) electrons. The fourth-order valence-corrected chi connectivity index (χ4v) is 4.05. The number of hydrogen-bond acceptors (Lipinski definition) is 11. The van der Waals surface area contributed by atoms with E-state index in [4.69, 9.17) is 4.74 Å². The second-order valence-electron chi connectivity index (χ2n) is 8.02. The molecular formula is C21H21F6NO11S2. The second kappa shape index (κ2) is 12.0. The van der Waals surface area contributed by atoms with Gasteiger partial charge in [-0.05, 0) is 38.0 Å². The quantitative estimate of drug-likeness (QED) is 0.153. The molecule has 0 spiro atoms. The van der Waals surface area contributed by atoms with Crippen LogP contribution in [0.5, 0.6) is 17.2 Å². The van der Waals surface area contributed by atoms with Gasteiger partial charge in [-0.3, -0.25) is 0 Å². The SMILES string of the molecule is COC(=O)c1c(OS(=O)(=O)C(F)(F)F)c(OS(=O)(=O)C(F)(F)F)c(C(=O)OC)n1CCc1ccc(OC(C)C)cc1. The average Bonchev–Trinajstić information content (AvgIpc) is 3.12. The summed E-state index contributed by atoms with van der Waals surface area (Å²) in [6, 6.07) is 5.96. The molecule has 41 heavy (non-hydrogen) atoms. The van der Waals surface area contributed by atoms with Crippen molar-refractivity contribution < 1.29 is 75.3 Å². The molecule has 0 atom stereocenters. The summed E-state index contributed by atoms with van der Waals surface area (Å²) in [6.45, 7) is 2.82. The highest BCUT2D eigenvalue weighted by Gasteiger charge is 2.53. The Bertz CT molecular complexity index is 1410. The van der Waals surface area contributed by atoms with Gasteiger partial charge in [0.2, 0.25) is 11.5 Å². The molecule has 0 bridgehead atoms. The zero-order valence-corrected chi connectivity index (χ0v) is 23.0. The summed E-state index contributed by atoms with van der Waals surface area (Å²) < 4.78 is 148. The minimum absolute atomic E-state index is 0.191. The van der Waals surface area contributed by atoms with Gasteiger partial charge in [-0.15, -0.1) is 0 Å². The summed E-state index contributed by atoms with van der Waals surface area (Å²) in [4.78, 5) is 25.2. The third kappa shape index (κ3) is 7.54. The lowest BCUT2D eigenvalue weighted by molar-refractivity contribution is -0.0513. The van der Waals surface area contributed by atoms with Crippen molar-refractivity contribution in [3.63, 3.8) is 0 Å². The fraction of sp³-hybridized carbons (Fsp3) is 0.429. The van der Waals surface area contributed by atoms with Crippen LogP contribution in [0.4, 0.5) is 26.3 Å². The maximum absolute atomic E-state index is 13.1. The van der Waals surface area contributed by atoms with E-state index in [1.165, 1.54) is 24.3 Å². The first kappa shape index (κ1) is 33.5. The Morgan fingerprint density at radius 2 is 1.17 bits per heavy atom. The number of halogens is 6. The van der Waals surface area contributed by atoms with E-state index >= 15 is 0 Å². The number of alkyl halides is 6. The lowest BCUT2D eigenvalue weighted by atomic mass is 10.1. The van der Waals surface area contributed by atoms with Gasteiger partial charge in [-0.25, -0.2) is 9.59 Å². The molecule has 2 aromatic rings. The monoisotopic (exact) mass is 641 g/mol. The Morgan fingerprint density at radius 3 is 1.49 bits per heavy atom. The van der Waals surface area contributed by atoms with Crippen LogP contribution < -0.4 is 13.1 Å². The fourth-order valence-electron chi connectivity index (χ4n) is 3.11. The van der Waals surface area contributed by atoms with E-state index in [9.17, 15) is 52.8 Å². The van der Waals surface area contributed by atoms with Gasteiger partial charge in [0, 0.05) is 6.54 Å². The second-order valence-corrected chi connectivity index (χ2v) is 11.1. The van der Waals surface area contributed by atoms with Gasteiger partial charge < -0.3 is 27.1 Å². The number of nitrogens with zero attached hydrogens (tertiary/aromatic N) is 1. The van der Waals surface area contributed by atoms with E-state index in [0.29, 0.717) is 30.1 Å². The number of ether oxygens (including phenoxy) is 3. The van der Waals surface area contributed by atoms with E-state index in [1.807, 2.05) is 0 Å². The van der Waals surface area contributed by atoms with Gasteiger partial charge in [-0.2, -0.15) is 43.2 Å². The Morgan fingerprint density at radius 1 is 0.780 bits per heavy atom. The highest BCUT2D eigenvalue weighted by Crippen LogP contribution is 2.44. The van der Waals surface area contributed by atoms with Crippen molar-refractivity contribution in [3.05, 3.63) is 41.2 Å². The Balaban J connectivity index is 2.87. The third-order valence-electron chi connectivity index (χ3n) is 4.81. The molecule has 0 aliphatic rings. The van der Waals surface area contributed by atoms with Crippen molar-refractivity contribution in [2.24, 2.45) is 0 Å². The van der Waals surface area contributed by atoms with Gasteiger partial charge in [-0.1, -0.05) is 12.1 Å². The van der Waals surface area contributed by atoms with Crippen LogP contribution in [0.1, 0.15) is 40.4 Å². The number of aromatic nitrogens is 1.